The Kier molecular flexibility index (Phi) is 3.29. The van der Waals surface area contributed by atoms with E-state index in [1.165, 1.54) is 19.3 Å². The maximum Gasteiger partial charge on any atom is 0.225 e. The van der Waals surface area contributed by atoms with Crippen LogP contribution in [0.2, 0.25) is 0 Å². The summed E-state index contributed by atoms with van der Waals surface area (Å²) in [5.41, 5.74) is 5.75. The van der Waals surface area contributed by atoms with Crippen molar-refractivity contribution in [2.24, 2.45) is 17.6 Å². The molecule has 0 aromatic rings. The molecule has 0 heterocycles. The maximum atomic E-state index is 12.1. The van der Waals surface area contributed by atoms with Crippen LogP contribution in [0, 0.1) is 11.8 Å². The standard InChI is InChI=1S/C12H22N2O/c1-14(12(15)9-4-2-5-9)11-7-3-6-10(11)8-13/h9-11H,2-8,13H2,1H3. The Morgan fingerprint density at radius 1 is 1.27 bits per heavy atom. The summed E-state index contributed by atoms with van der Waals surface area (Å²) in [5, 5.41) is 0. The van der Waals surface area contributed by atoms with E-state index in [1.807, 2.05) is 11.9 Å². The van der Waals surface area contributed by atoms with Gasteiger partial charge in [-0.05, 0) is 38.1 Å². The Hall–Kier alpha value is -0.570. The zero-order valence-corrected chi connectivity index (χ0v) is 9.61. The normalized spacial score (nSPS) is 31.3. The topological polar surface area (TPSA) is 46.3 Å². The van der Waals surface area contributed by atoms with Gasteiger partial charge in [0.2, 0.25) is 5.91 Å². The van der Waals surface area contributed by atoms with Gasteiger partial charge >= 0.3 is 0 Å². The van der Waals surface area contributed by atoms with E-state index in [0.29, 0.717) is 23.8 Å². The number of carbonyl (C=O) groups excluding carboxylic acids is 1. The molecule has 3 nitrogen and oxygen atoms in total. The first-order valence-corrected chi connectivity index (χ1v) is 6.20. The summed E-state index contributed by atoms with van der Waals surface area (Å²) in [7, 11) is 1.97. The lowest BCUT2D eigenvalue weighted by molar-refractivity contribution is -0.139. The number of nitrogens with two attached hydrogens (primary N) is 1. The first kappa shape index (κ1) is 10.9. The number of hydrogen-bond acceptors (Lipinski definition) is 2. The van der Waals surface area contributed by atoms with Crippen molar-refractivity contribution in [2.75, 3.05) is 13.6 Å². The van der Waals surface area contributed by atoms with Crippen molar-refractivity contribution in [3.63, 3.8) is 0 Å². The second-order valence-corrected chi connectivity index (χ2v) is 5.07. The van der Waals surface area contributed by atoms with Gasteiger partial charge in [0.1, 0.15) is 0 Å². The molecule has 2 unspecified atom stereocenters. The fourth-order valence-electron chi connectivity index (χ4n) is 2.91. The quantitative estimate of drug-likeness (QED) is 0.764. The first-order valence-electron chi connectivity index (χ1n) is 6.20. The number of rotatable bonds is 3. The third-order valence-electron chi connectivity index (χ3n) is 4.22. The Bertz CT molecular complexity index is 238. The SMILES string of the molecule is CN(C(=O)C1CCC1)C1CCCC1CN. The molecule has 0 radical (unpaired) electrons. The van der Waals surface area contributed by atoms with Gasteiger partial charge in [0.05, 0.1) is 0 Å². The Labute approximate surface area is 92.0 Å². The maximum absolute atomic E-state index is 12.1. The highest BCUT2D eigenvalue weighted by Crippen LogP contribution is 2.33. The molecule has 15 heavy (non-hydrogen) atoms. The largest absolute Gasteiger partial charge is 0.342 e. The smallest absolute Gasteiger partial charge is 0.225 e. The van der Waals surface area contributed by atoms with Gasteiger partial charge in [-0.25, -0.2) is 0 Å². The van der Waals surface area contributed by atoms with Crippen molar-refractivity contribution in [3.8, 4) is 0 Å². The highest BCUT2D eigenvalue weighted by atomic mass is 16.2. The van der Waals surface area contributed by atoms with Gasteiger partial charge in [-0.2, -0.15) is 0 Å². The molecular formula is C12H22N2O. The minimum atomic E-state index is 0.328. The zero-order valence-electron chi connectivity index (χ0n) is 9.61. The minimum Gasteiger partial charge on any atom is -0.342 e. The predicted molar refractivity (Wildman–Crippen MR) is 60.3 cm³/mol. The molecule has 2 aliphatic rings. The third-order valence-corrected chi connectivity index (χ3v) is 4.22. The number of amides is 1. The minimum absolute atomic E-state index is 0.328. The lowest BCUT2D eigenvalue weighted by Crippen LogP contribution is -2.45. The van der Waals surface area contributed by atoms with Gasteiger partial charge in [0.25, 0.3) is 0 Å². The van der Waals surface area contributed by atoms with Crippen LogP contribution in [0.4, 0.5) is 0 Å². The highest BCUT2D eigenvalue weighted by Gasteiger charge is 2.35. The molecule has 1 amide bonds. The monoisotopic (exact) mass is 210 g/mol. The molecule has 3 heteroatoms. The van der Waals surface area contributed by atoms with Crippen LogP contribution in [0.5, 0.6) is 0 Å². The Morgan fingerprint density at radius 3 is 2.47 bits per heavy atom. The van der Waals surface area contributed by atoms with E-state index < -0.39 is 0 Å². The van der Waals surface area contributed by atoms with Crippen LogP contribution in [-0.2, 0) is 4.79 Å². The highest BCUT2D eigenvalue weighted by molar-refractivity contribution is 5.79. The molecule has 0 spiro atoms. The molecule has 86 valence electrons. The first-order chi connectivity index (χ1) is 7.24. The fourth-order valence-corrected chi connectivity index (χ4v) is 2.91. The van der Waals surface area contributed by atoms with Crippen molar-refractivity contribution in [1.82, 2.24) is 4.90 Å². The lowest BCUT2D eigenvalue weighted by atomic mass is 9.84. The molecular weight excluding hydrogens is 188 g/mol. The van der Waals surface area contributed by atoms with Crippen LogP contribution < -0.4 is 5.73 Å². The molecule has 0 aliphatic heterocycles. The van der Waals surface area contributed by atoms with Gasteiger partial charge in [-0.3, -0.25) is 4.79 Å². The van der Waals surface area contributed by atoms with Crippen LogP contribution in [-0.4, -0.2) is 30.4 Å². The summed E-state index contributed by atoms with van der Waals surface area (Å²) in [4.78, 5) is 14.1. The summed E-state index contributed by atoms with van der Waals surface area (Å²) in [6.07, 6.45) is 7.01. The second-order valence-electron chi connectivity index (χ2n) is 5.07. The fraction of sp³-hybridized carbons (Fsp3) is 0.917. The molecule has 0 aromatic heterocycles. The molecule has 2 fully saturated rings. The number of nitrogens with zero attached hydrogens (tertiary/aromatic N) is 1. The molecule has 2 N–H and O–H groups in total. The average Bonchev–Trinajstić information content (AvgIpc) is 2.61. The second kappa shape index (κ2) is 4.52. The zero-order chi connectivity index (χ0) is 10.8. The molecule has 2 atom stereocenters. The summed E-state index contributed by atoms with van der Waals surface area (Å²) < 4.78 is 0. The van der Waals surface area contributed by atoms with Crippen LogP contribution in [0.15, 0.2) is 0 Å². The summed E-state index contributed by atoms with van der Waals surface area (Å²) in [6.45, 7) is 0.729. The van der Waals surface area contributed by atoms with Gasteiger partial charge < -0.3 is 10.6 Å². The van der Waals surface area contributed by atoms with E-state index in [1.54, 1.807) is 0 Å². The predicted octanol–water partition coefficient (Wildman–Crippen LogP) is 1.37. The Morgan fingerprint density at radius 2 is 1.93 bits per heavy atom. The molecule has 0 saturated heterocycles. The van der Waals surface area contributed by atoms with Crippen molar-refractivity contribution in [3.05, 3.63) is 0 Å². The van der Waals surface area contributed by atoms with E-state index in [9.17, 15) is 4.79 Å². The van der Waals surface area contributed by atoms with Crippen LogP contribution in [0.25, 0.3) is 0 Å². The molecule has 2 saturated carbocycles. The van der Waals surface area contributed by atoms with Crippen LogP contribution in [0.1, 0.15) is 38.5 Å². The van der Waals surface area contributed by atoms with E-state index in [4.69, 9.17) is 5.73 Å². The molecule has 2 aliphatic carbocycles. The summed E-state index contributed by atoms with van der Waals surface area (Å²) >= 11 is 0. The van der Waals surface area contributed by atoms with E-state index in [0.717, 1.165) is 25.8 Å². The van der Waals surface area contributed by atoms with Crippen LogP contribution >= 0.6 is 0 Å². The molecule has 2 rings (SSSR count). The van der Waals surface area contributed by atoms with Gasteiger partial charge in [0, 0.05) is 19.0 Å². The average molecular weight is 210 g/mol. The van der Waals surface area contributed by atoms with Crippen molar-refractivity contribution >= 4 is 5.91 Å². The summed E-state index contributed by atoms with van der Waals surface area (Å²) in [6, 6.07) is 0.420. The Balaban J connectivity index is 1.93. The van der Waals surface area contributed by atoms with E-state index in [2.05, 4.69) is 0 Å². The lowest BCUT2D eigenvalue weighted by Gasteiger charge is -2.35. The van der Waals surface area contributed by atoms with E-state index >= 15 is 0 Å². The van der Waals surface area contributed by atoms with Crippen LogP contribution in [0.3, 0.4) is 0 Å². The van der Waals surface area contributed by atoms with Gasteiger partial charge in [-0.1, -0.05) is 12.8 Å². The number of carbonyl (C=O) groups is 1. The van der Waals surface area contributed by atoms with Crippen molar-refractivity contribution in [2.45, 2.75) is 44.6 Å². The van der Waals surface area contributed by atoms with Gasteiger partial charge in [0.15, 0.2) is 0 Å². The van der Waals surface area contributed by atoms with Gasteiger partial charge in [-0.15, -0.1) is 0 Å². The number of hydrogen-bond donors (Lipinski definition) is 1. The van der Waals surface area contributed by atoms with Crippen molar-refractivity contribution < 1.29 is 4.79 Å². The molecule has 0 aromatic carbocycles. The van der Waals surface area contributed by atoms with Crippen molar-refractivity contribution in [1.29, 1.82) is 0 Å². The molecule has 0 bridgehead atoms. The summed E-state index contributed by atoms with van der Waals surface area (Å²) in [5.74, 6) is 1.24. The van der Waals surface area contributed by atoms with E-state index in [-0.39, 0.29) is 0 Å². The third kappa shape index (κ3) is 2.03.